The number of carbonyl (C=O) groups excluding carboxylic acids is 2. The second-order valence-corrected chi connectivity index (χ2v) is 3.99. The minimum absolute atomic E-state index is 0.0847. The number of amides is 2. The average Bonchev–Trinajstić information content (AvgIpc) is 2.36. The summed E-state index contributed by atoms with van der Waals surface area (Å²) in [7, 11) is 1.45. The van der Waals surface area contributed by atoms with E-state index in [2.05, 4.69) is 5.32 Å². The Morgan fingerprint density at radius 2 is 2.05 bits per heavy atom. The molecule has 1 atom stereocenters. The number of rotatable bonds is 6. The highest BCUT2D eigenvalue weighted by Gasteiger charge is 2.23. The topological polar surface area (TPSA) is 145 Å². The number of aliphatic carboxylic acids is 1. The van der Waals surface area contributed by atoms with Crippen LogP contribution in [-0.2, 0) is 9.59 Å². The minimum atomic E-state index is -1.40. The van der Waals surface area contributed by atoms with Gasteiger partial charge in [-0.05, 0) is 12.1 Å². The van der Waals surface area contributed by atoms with E-state index in [-0.39, 0.29) is 11.3 Å². The first-order chi connectivity index (χ1) is 9.35. The zero-order valence-corrected chi connectivity index (χ0v) is 10.8. The highest BCUT2D eigenvalue weighted by Crippen LogP contribution is 2.19. The molecule has 1 aromatic carbocycles. The molecule has 0 unspecified atom stereocenters. The van der Waals surface area contributed by atoms with Gasteiger partial charge in [0.25, 0.3) is 5.91 Å². The predicted octanol–water partition coefficient (Wildman–Crippen LogP) is -0.664. The SMILES string of the molecule is COc1ccc(C(=O)N[C@H](CC(N)=O)C(=O)O)c(N)c1. The van der Waals surface area contributed by atoms with E-state index in [1.165, 1.54) is 25.3 Å². The third kappa shape index (κ3) is 3.87. The van der Waals surface area contributed by atoms with Gasteiger partial charge in [0.15, 0.2) is 0 Å². The number of ether oxygens (including phenoxy) is 1. The lowest BCUT2D eigenvalue weighted by molar-refractivity contribution is -0.140. The van der Waals surface area contributed by atoms with E-state index in [9.17, 15) is 14.4 Å². The van der Waals surface area contributed by atoms with E-state index in [0.29, 0.717) is 5.75 Å². The number of carboxylic acids is 1. The molecule has 0 saturated heterocycles. The molecule has 0 bridgehead atoms. The normalized spacial score (nSPS) is 11.4. The van der Waals surface area contributed by atoms with Gasteiger partial charge in [0.2, 0.25) is 5.91 Å². The summed E-state index contributed by atoms with van der Waals surface area (Å²) in [6, 6.07) is 2.93. The molecule has 0 heterocycles. The molecule has 0 aliphatic heterocycles. The van der Waals surface area contributed by atoms with Crippen LogP contribution in [0.1, 0.15) is 16.8 Å². The zero-order chi connectivity index (χ0) is 15.3. The third-order valence-electron chi connectivity index (χ3n) is 2.51. The number of carbonyl (C=O) groups is 3. The van der Waals surface area contributed by atoms with Crippen LogP contribution in [0.3, 0.4) is 0 Å². The average molecular weight is 281 g/mol. The number of nitrogens with two attached hydrogens (primary N) is 2. The number of primary amides is 1. The first-order valence-corrected chi connectivity index (χ1v) is 5.60. The Kier molecular flexibility index (Phi) is 4.90. The smallest absolute Gasteiger partial charge is 0.326 e. The fourth-order valence-corrected chi connectivity index (χ4v) is 1.51. The summed E-state index contributed by atoms with van der Waals surface area (Å²) >= 11 is 0. The molecule has 0 aliphatic carbocycles. The number of benzene rings is 1. The van der Waals surface area contributed by atoms with Crippen molar-refractivity contribution in [1.29, 1.82) is 0 Å². The lowest BCUT2D eigenvalue weighted by atomic mass is 10.1. The minimum Gasteiger partial charge on any atom is -0.497 e. The third-order valence-corrected chi connectivity index (χ3v) is 2.51. The number of methoxy groups -OCH3 is 1. The molecule has 108 valence electrons. The number of anilines is 1. The van der Waals surface area contributed by atoms with Crippen LogP contribution in [0.2, 0.25) is 0 Å². The summed E-state index contributed by atoms with van der Waals surface area (Å²) < 4.78 is 4.93. The zero-order valence-electron chi connectivity index (χ0n) is 10.8. The lowest BCUT2D eigenvalue weighted by Gasteiger charge is -2.14. The monoisotopic (exact) mass is 281 g/mol. The van der Waals surface area contributed by atoms with Crippen molar-refractivity contribution in [2.45, 2.75) is 12.5 Å². The molecule has 0 aliphatic rings. The van der Waals surface area contributed by atoms with Crippen LogP contribution in [0.15, 0.2) is 18.2 Å². The summed E-state index contributed by atoms with van der Waals surface area (Å²) in [5, 5.41) is 11.1. The van der Waals surface area contributed by atoms with Gasteiger partial charge in [-0.3, -0.25) is 9.59 Å². The van der Waals surface area contributed by atoms with Gasteiger partial charge in [0, 0.05) is 11.8 Å². The lowest BCUT2D eigenvalue weighted by Crippen LogP contribution is -2.43. The predicted molar refractivity (Wildman–Crippen MR) is 70.1 cm³/mol. The van der Waals surface area contributed by atoms with Crippen LogP contribution in [0.4, 0.5) is 5.69 Å². The maximum absolute atomic E-state index is 11.9. The standard InChI is InChI=1S/C12H15N3O5/c1-20-6-2-3-7(8(13)4-6)11(17)15-9(12(18)19)5-10(14)16/h2-4,9H,5,13H2,1H3,(H2,14,16)(H,15,17)(H,18,19)/t9-/m1/s1. The molecule has 8 heteroatoms. The number of hydrogen-bond acceptors (Lipinski definition) is 5. The molecule has 20 heavy (non-hydrogen) atoms. The first kappa shape index (κ1) is 15.3. The van der Waals surface area contributed by atoms with Crippen molar-refractivity contribution in [3.63, 3.8) is 0 Å². The number of carboxylic acid groups (broad SMARTS) is 1. The fourth-order valence-electron chi connectivity index (χ4n) is 1.51. The highest BCUT2D eigenvalue weighted by molar-refractivity contribution is 6.01. The van der Waals surface area contributed by atoms with E-state index in [4.69, 9.17) is 21.3 Å². The molecule has 8 nitrogen and oxygen atoms in total. The maximum Gasteiger partial charge on any atom is 0.326 e. The summed E-state index contributed by atoms with van der Waals surface area (Å²) in [6.45, 7) is 0. The summed E-state index contributed by atoms with van der Waals surface area (Å²) in [5.74, 6) is -2.44. The van der Waals surface area contributed by atoms with Crippen molar-refractivity contribution in [3.05, 3.63) is 23.8 Å². The molecule has 0 radical (unpaired) electrons. The van der Waals surface area contributed by atoms with Gasteiger partial charge in [0.1, 0.15) is 11.8 Å². The second-order valence-electron chi connectivity index (χ2n) is 3.99. The molecule has 2 amide bonds. The Morgan fingerprint density at radius 1 is 1.40 bits per heavy atom. The molecule has 0 saturated carbocycles. The van der Waals surface area contributed by atoms with Gasteiger partial charge in [-0.15, -0.1) is 0 Å². The van der Waals surface area contributed by atoms with Crippen LogP contribution in [0, 0.1) is 0 Å². The van der Waals surface area contributed by atoms with Crippen molar-refractivity contribution in [1.82, 2.24) is 5.32 Å². The molecular formula is C12H15N3O5. The fraction of sp³-hybridized carbons (Fsp3) is 0.250. The van der Waals surface area contributed by atoms with Crippen molar-refractivity contribution >= 4 is 23.5 Å². The molecule has 1 rings (SSSR count). The molecule has 0 aromatic heterocycles. The number of nitrogen functional groups attached to an aromatic ring is 1. The summed E-state index contributed by atoms with van der Waals surface area (Å²) in [5.41, 5.74) is 10.8. The van der Waals surface area contributed by atoms with E-state index < -0.39 is 30.2 Å². The molecular weight excluding hydrogens is 266 g/mol. The summed E-state index contributed by atoms with van der Waals surface area (Å²) in [4.78, 5) is 33.6. The Labute approximate surface area is 114 Å². The van der Waals surface area contributed by atoms with Crippen LogP contribution >= 0.6 is 0 Å². The number of hydrogen-bond donors (Lipinski definition) is 4. The quantitative estimate of drug-likeness (QED) is 0.509. The molecule has 1 aromatic rings. The van der Waals surface area contributed by atoms with E-state index >= 15 is 0 Å². The van der Waals surface area contributed by atoms with Crippen LogP contribution in [-0.4, -0.2) is 36.0 Å². The van der Waals surface area contributed by atoms with Crippen LogP contribution in [0.5, 0.6) is 5.75 Å². The van der Waals surface area contributed by atoms with Gasteiger partial charge in [-0.25, -0.2) is 4.79 Å². The van der Waals surface area contributed by atoms with Gasteiger partial charge < -0.3 is 26.6 Å². The molecule has 0 spiro atoms. The van der Waals surface area contributed by atoms with Crippen molar-refractivity contribution in [2.24, 2.45) is 5.73 Å². The van der Waals surface area contributed by atoms with Crippen molar-refractivity contribution in [3.8, 4) is 5.75 Å². The van der Waals surface area contributed by atoms with Crippen LogP contribution in [0.25, 0.3) is 0 Å². The molecule has 6 N–H and O–H groups in total. The molecule has 0 fully saturated rings. The van der Waals surface area contributed by atoms with Crippen molar-refractivity contribution < 1.29 is 24.2 Å². The summed E-state index contributed by atoms with van der Waals surface area (Å²) in [6.07, 6.45) is -0.503. The Bertz CT molecular complexity index is 544. The van der Waals surface area contributed by atoms with Gasteiger partial charge in [-0.1, -0.05) is 0 Å². The van der Waals surface area contributed by atoms with Gasteiger partial charge in [-0.2, -0.15) is 0 Å². The highest BCUT2D eigenvalue weighted by atomic mass is 16.5. The van der Waals surface area contributed by atoms with E-state index in [1.54, 1.807) is 0 Å². The van der Waals surface area contributed by atoms with Crippen molar-refractivity contribution in [2.75, 3.05) is 12.8 Å². The van der Waals surface area contributed by atoms with E-state index in [1.807, 2.05) is 0 Å². The Morgan fingerprint density at radius 3 is 2.50 bits per heavy atom. The van der Waals surface area contributed by atoms with E-state index in [0.717, 1.165) is 0 Å². The van der Waals surface area contributed by atoms with Gasteiger partial charge in [0.05, 0.1) is 19.1 Å². The first-order valence-electron chi connectivity index (χ1n) is 5.60. The number of nitrogens with one attached hydrogen (secondary N) is 1. The largest absolute Gasteiger partial charge is 0.497 e. The van der Waals surface area contributed by atoms with Crippen LogP contribution < -0.4 is 21.5 Å². The maximum atomic E-state index is 11.9. The Hall–Kier alpha value is -2.77. The second kappa shape index (κ2) is 6.41. The Balaban J connectivity index is 2.89. The van der Waals surface area contributed by atoms with Gasteiger partial charge >= 0.3 is 5.97 Å².